The molecular formula is C11H18N2O. The van der Waals surface area contributed by atoms with Crippen LogP contribution >= 0.6 is 0 Å². The van der Waals surface area contributed by atoms with Crippen LogP contribution in [0, 0.1) is 0 Å². The second-order valence-electron chi connectivity index (χ2n) is 3.58. The minimum atomic E-state index is -0.0713. The molecule has 1 aliphatic rings. The summed E-state index contributed by atoms with van der Waals surface area (Å²) in [7, 11) is 0. The van der Waals surface area contributed by atoms with Crippen LogP contribution < -0.4 is 0 Å². The molecule has 1 aliphatic heterocycles. The number of hydrogen-bond acceptors (Lipinski definition) is 1. The van der Waals surface area contributed by atoms with Gasteiger partial charge in [0.2, 0.25) is 0 Å². The van der Waals surface area contributed by atoms with Crippen LogP contribution in [0.5, 0.6) is 0 Å². The smallest absolute Gasteiger partial charge is 0.317 e. The van der Waals surface area contributed by atoms with E-state index in [4.69, 9.17) is 0 Å². The lowest BCUT2D eigenvalue weighted by molar-refractivity contribution is 0.218. The molecule has 0 radical (unpaired) electrons. The third kappa shape index (κ3) is 2.98. The van der Waals surface area contributed by atoms with E-state index in [1.165, 1.54) is 12.8 Å². The van der Waals surface area contributed by atoms with E-state index in [1.807, 2.05) is 4.90 Å². The number of rotatable bonds is 6. The Morgan fingerprint density at radius 3 is 3.00 bits per heavy atom. The lowest BCUT2D eigenvalue weighted by atomic mass is 10.2. The summed E-state index contributed by atoms with van der Waals surface area (Å²) >= 11 is 0. The lowest BCUT2D eigenvalue weighted by Gasteiger charge is -2.13. The van der Waals surface area contributed by atoms with Crippen molar-refractivity contribution in [3.05, 3.63) is 12.7 Å². The van der Waals surface area contributed by atoms with Crippen molar-refractivity contribution in [3.8, 4) is 0 Å². The Morgan fingerprint density at radius 1 is 1.57 bits per heavy atom. The molecule has 0 fully saturated rings. The molecule has 1 heterocycles. The Kier molecular flexibility index (Phi) is 4.36. The molecule has 0 bridgehead atoms. The fourth-order valence-corrected chi connectivity index (χ4v) is 1.53. The van der Waals surface area contributed by atoms with E-state index in [-0.39, 0.29) is 6.03 Å². The highest BCUT2D eigenvalue weighted by Gasteiger charge is 2.21. The van der Waals surface area contributed by atoms with Crippen molar-refractivity contribution in [3.63, 3.8) is 0 Å². The SMILES string of the molecule is C=CCC1=NC(=O)N(CCCCC)C1. The molecule has 0 aromatic carbocycles. The second-order valence-corrected chi connectivity index (χ2v) is 3.58. The summed E-state index contributed by atoms with van der Waals surface area (Å²) in [5, 5.41) is 0. The summed E-state index contributed by atoms with van der Waals surface area (Å²) in [6.07, 6.45) is 5.97. The maximum atomic E-state index is 11.4. The van der Waals surface area contributed by atoms with Gasteiger partial charge in [0.1, 0.15) is 0 Å². The molecule has 0 saturated heterocycles. The van der Waals surface area contributed by atoms with Gasteiger partial charge in [0.05, 0.1) is 6.54 Å². The molecule has 3 heteroatoms. The van der Waals surface area contributed by atoms with Crippen LogP contribution in [0.15, 0.2) is 17.6 Å². The molecule has 0 spiro atoms. The van der Waals surface area contributed by atoms with Crippen LogP contribution in [0.25, 0.3) is 0 Å². The lowest BCUT2D eigenvalue weighted by Crippen LogP contribution is -2.27. The van der Waals surface area contributed by atoms with Gasteiger partial charge in [0.15, 0.2) is 0 Å². The van der Waals surface area contributed by atoms with Crippen LogP contribution in [0.2, 0.25) is 0 Å². The van der Waals surface area contributed by atoms with Crippen molar-refractivity contribution in [2.75, 3.05) is 13.1 Å². The van der Waals surface area contributed by atoms with Crippen LogP contribution in [-0.4, -0.2) is 29.7 Å². The van der Waals surface area contributed by atoms with Crippen molar-refractivity contribution in [2.45, 2.75) is 32.6 Å². The predicted molar refractivity (Wildman–Crippen MR) is 58.7 cm³/mol. The molecular weight excluding hydrogens is 176 g/mol. The molecule has 0 unspecified atom stereocenters. The largest absolute Gasteiger partial charge is 0.343 e. The zero-order valence-corrected chi connectivity index (χ0v) is 8.83. The van der Waals surface area contributed by atoms with Gasteiger partial charge in [-0.25, -0.2) is 9.79 Å². The van der Waals surface area contributed by atoms with E-state index in [9.17, 15) is 4.79 Å². The highest BCUT2D eigenvalue weighted by Crippen LogP contribution is 2.09. The van der Waals surface area contributed by atoms with Gasteiger partial charge in [-0.1, -0.05) is 25.8 Å². The Morgan fingerprint density at radius 2 is 2.36 bits per heavy atom. The molecule has 0 atom stereocenters. The average Bonchev–Trinajstić information content (AvgIpc) is 2.48. The summed E-state index contributed by atoms with van der Waals surface area (Å²) in [5.41, 5.74) is 0.946. The monoisotopic (exact) mass is 194 g/mol. The number of amides is 2. The van der Waals surface area contributed by atoms with Gasteiger partial charge >= 0.3 is 6.03 Å². The maximum absolute atomic E-state index is 11.4. The number of carbonyl (C=O) groups is 1. The van der Waals surface area contributed by atoms with Crippen molar-refractivity contribution < 1.29 is 4.79 Å². The zero-order valence-electron chi connectivity index (χ0n) is 8.83. The maximum Gasteiger partial charge on any atom is 0.343 e. The minimum Gasteiger partial charge on any atom is -0.317 e. The summed E-state index contributed by atoms with van der Waals surface area (Å²) in [6, 6.07) is -0.0713. The summed E-state index contributed by atoms with van der Waals surface area (Å²) < 4.78 is 0. The average molecular weight is 194 g/mol. The first kappa shape index (κ1) is 11.0. The van der Waals surface area contributed by atoms with E-state index >= 15 is 0 Å². The topological polar surface area (TPSA) is 32.7 Å². The van der Waals surface area contributed by atoms with Crippen LogP contribution in [0.1, 0.15) is 32.6 Å². The molecule has 0 aromatic heterocycles. The molecule has 14 heavy (non-hydrogen) atoms. The van der Waals surface area contributed by atoms with E-state index in [0.717, 1.165) is 25.1 Å². The van der Waals surface area contributed by atoms with Gasteiger partial charge in [0, 0.05) is 18.7 Å². The number of carbonyl (C=O) groups excluding carboxylic acids is 1. The highest BCUT2D eigenvalue weighted by molar-refractivity contribution is 6.03. The Labute approximate surface area is 85.5 Å². The number of aliphatic imine (C=N–C) groups is 1. The quantitative estimate of drug-likeness (QED) is 0.472. The molecule has 2 amide bonds. The van der Waals surface area contributed by atoms with Crippen LogP contribution in [-0.2, 0) is 0 Å². The van der Waals surface area contributed by atoms with Crippen LogP contribution in [0.4, 0.5) is 4.79 Å². The van der Waals surface area contributed by atoms with E-state index in [2.05, 4.69) is 18.5 Å². The minimum absolute atomic E-state index is 0.0713. The summed E-state index contributed by atoms with van der Waals surface area (Å²) in [6.45, 7) is 7.34. The van der Waals surface area contributed by atoms with Crippen molar-refractivity contribution in [2.24, 2.45) is 4.99 Å². The number of nitrogens with zero attached hydrogens (tertiary/aromatic N) is 2. The molecule has 0 aliphatic carbocycles. The first-order valence-corrected chi connectivity index (χ1v) is 5.24. The van der Waals surface area contributed by atoms with E-state index in [0.29, 0.717) is 6.54 Å². The molecule has 78 valence electrons. The Balaban J connectivity index is 2.31. The fourth-order valence-electron chi connectivity index (χ4n) is 1.53. The molecule has 0 saturated carbocycles. The first-order chi connectivity index (χ1) is 6.77. The number of urea groups is 1. The van der Waals surface area contributed by atoms with Gasteiger partial charge < -0.3 is 4.90 Å². The van der Waals surface area contributed by atoms with Gasteiger partial charge in [-0.2, -0.15) is 0 Å². The molecule has 0 N–H and O–H groups in total. The van der Waals surface area contributed by atoms with Crippen molar-refractivity contribution in [1.29, 1.82) is 0 Å². The normalized spacial score (nSPS) is 15.9. The highest BCUT2D eigenvalue weighted by atomic mass is 16.2. The van der Waals surface area contributed by atoms with E-state index < -0.39 is 0 Å². The standard InChI is InChI=1S/C11H18N2O/c1-3-5-6-8-13-9-10(7-4-2)12-11(13)14/h4H,2-3,5-9H2,1H3. The van der Waals surface area contributed by atoms with Gasteiger partial charge in [-0.3, -0.25) is 0 Å². The third-order valence-corrected chi connectivity index (χ3v) is 2.31. The first-order valence-electron chi connectivity index (χ1n) is 5.24. The Hall–Kier alpha value is -1.12. The predicted octanol–water partition coefficient (Wildman–Crippen LogP) is 2.63. The third-order valence-electron chi connectivity index (χ3n) is 2.31. The van der Waals surface area contributed by atoms with Crippen LogP contribution in [0.3, 0.4) is 0 Å². The zero-order chi connectivity index (χ0) is 10.4. The van der Waals surface area contributed by atoms with E-state index in [1.54, 1.807) is 6.08 Å². The Bertz CT molecular complexity index is 246. The summed E-state index contributed by atoms with van der Waals surface area (Å²) in [4.78, 5) is 17.1. The molecule has 1 rings (SSSR count). The van der Waals surface area contributed by atoms with Gasteiger partial charge in [0.25, 0.3) is 0 Å². The van der Waals surface area contributed by atoms with Crippen molar-refractivity contribution >= 4 is 11.7 Å². The fraction of sp³-hybridized carbons (Fsp3) is 0.636. The number of unbranched alkanes of at least 4 members (excludes halogenated alkanes) is 2. The van der Waals surface area contributed by atoms with Gasteiger partial charge in [-0.15, -0.1) is 6.58 Å². The molecule has 0 aromatic rings. The van der Waals surface area contributed by atoms with Gasteiger partial charge in [-0.05, 0) is 6.42 Å². The van der Waals surface area contributed by atoms with Crippen molar-refractivity contribution in [1.82, 2.24) is 4.90 Å². The summed E-state index contributed by atoms with van der Waals surface area (Å²) in [5.74, 6) is 0. The second kappa shape index (κ2) is 5.58. The number of allylic oxidation sites excluding steroid dienone is 1. The number of hydrogen-bond donors (Lipinski definition) is 0. The molecule has 3 nitrogen and oxygen atoms in total.